The van der Waals surface area contributed by atoms with Crippen molar-refractivity contribution in [1.29, 1.82) is 0 Å². The molecule has 0 aliphatic heterocycles. The lowest BCUT2D eigenvalue weighted by Crippen LogP contribution is -1.99. The minimum atomic E-state index is 0.753. The summed E-state index contributed by atoms with van der Waals surface area (Å²) in [7, 11) is 2.11. The van der Waals surface area contributed by atoms with Crippen LogP contribution in [0.25, 0.3) is 54.9 Å². The van der Waals surface area contributed by atoms with Crippen molar-refractivity contribution in [3.8, 4) is 11.4 Å². The molecule has 2 heterocycles. The van der Waals surface area contributed by atoms with E-state index in [0.29, 0.717) is 0 Å². The summed E-state index contributed by atoms with van der Waals surface area (Å²) in [5, 5.41) is 5.80. The minimum Gasteiger partial charge on any atom is -0.399 e. The first-order valence-electron chi connectivity index (χ1n) is 9.37. The Morgan fingerprint density at radius 2 is 1.64 bits per heavy atom. The lowest BCUT2D eigenvalue weighted by Gasteiger charge is -2.06. The molecule has 0 radical (unpaired) electrons. The third-order valence-electron chi connectivity index (χ3n) is 5.58. The van der Waals surface area contributed by atoms with Crippen LogP contribution in [0.5, 0.6) is 0 Å². The highest BCUT2D eigenvalue weighted by atomic mass is 14.9. The minimum absolute atomic E-state index is 0.753. The van der Waals surface area contributed by atoms with Gasteiger partial charge in [0, 0.05) is 39.1 Å². The van der Waals surface area contributed by atoms with Gasteiger partial charge >= 0.3 is 0 Å². The SMILES string of the molecule is Bc1ccc2[nH]cc(-c3nc4c5ccccc5c5ccc(N)cc5c4[nH]3)c2c1. The average molecular weight is 360 g/mol. The second-order valence-electron chi connectivity index (χ2n) is 7.41. The van der Waals surface area contributed by atoms with E-state index < -0.39 is 0 Å². The van der Waals surface area contributed by atoms with Crippen molar-refractivity contribution in [2.45, 2.75) is 0 Å². The van der Waals surface area contributed by atoms with Gasteiger partial charge in [0.15, 0.2) is 0 Å². The maximum Gasteiger partial charge on any atom is 0.140 e. The van der Waals surface area contributed by atoms with E-state index in [1.807, 2.05) is 18.3 Å². The van der Waals surface area contributed by atoms with Crippen LogP contribution in [0.3, 0.4) is 0 Å². The highest BCUT2D eigenvalue weighted by molar-refractivity contribution is 6.33. The number of anilines is 1. The second kappa shape index (κ2) is 5.39. The summed E-state index contributed by atoms with van der Waals surface area (Å²) in [5.41, 5.74) is 12.3. The van der Waals surface area contributed by atoms with Crippen LogP contribution < -0.4 is 11.2 Å². The summed E-state index contributed by atoms with van der Waals surface area (Å²) in [6.45, 7) is 0. The first-order chi connectivity index (χ1) is 13.7. The van der Waals surface area contributed by atoms with Gasteiger partial charge in [-0.1, -0.05) is 47.9 Å². The smallest absolute Gasteiger partial charge is 0.140 e. The number of hydrogen-bond donors (Lipinski definition) is 3. The van der Waals surface area contributed by atoms with E-state index in [2.05, 4.69) is 66.3 Å². The predicted octanol–water partition coefficient (Wildman–Crippen LogP) is 3.86. The average Bonchev–Trinajstić information content (AvgIpc) is 3.32. The third-order valence-corrected chi connectivity index (χ3v) is 5.58. The number of nitrogen functional groups attached to an aromatic ring is 1. The van der Waals surface area contributed by atoms with E-state index in [4.69, 9.17) is 10.7 Å². The third kappa shape index (κ3) is 2.04. The van der Waals surface area contributed by atoms with Gasteiger partial charge in [-0.2, -0.15) is 0 Å². The highest BCUT2D eigenvalue weighted by Gasteiger charge is 2.16. The number of rotatable bonds is 1. The van der Waals surface area contributed by atoms with Gasteiger partial charge in [-0.3, -0.25) is 0 Å². The molecule has 0 amide bonds. The maximum atomic E-state index is 6.11. The first-order valence-corrected chi connectivity index (χ1v) is 9.37. The van der Waals surface area contributed by atoms with Gasteiger partial charge in [0.2, 0.25) is 0 Å². The van der Waals surface area contributed by atoms with E-state index >= 15 is 0 Å². The summed E-state index contributed by atoms with van der Waals surface area (Å²) in [5.74, 6) is 0.868. The van der Waals surface area contributed by atoms with Gasteiger partial charge in [-0.05, 0) is 29.0 Å². The summed E-state index contributed by atoms with van der Waals surface area (Å²) in [6, 6.07) is 20.9. The lowest BCUT2D eigenvalue weighted by atomic mass is 9.94. The largest absolute Gasteiger partial charge is 0.399 e. The molecule has 2 aromatic heterocycles. The summed E-state index contributed by atoms with van der Waals surface area (Å²) < 4.78 is 0. The number of H-pyrrole nitrogens is 2. The molecule has 0 unspecified atom stereocenters. The van der Waals surface area contributed by atoms with Crippen molar-refractivity contribution < 1.29 is 0 Å². The number of nitrogens with one attached hydrogen (secondary N) is 2. The molecule has 0 saturated heterocycles. The molecule has 0 aliphatic rings. The molecule has 5 heteroatoms. The fraction of sp³-hybridized carbons (Fsp3) is 0. The molecular formula is C23H17BN4. The Morgan fingerprint density at radius 3 is 2.54 bits per heavy atom. The molecule has 0 fully saturated rings. The number of fused-ring (bicyclic) bond motifs is 7. The van der Waals surface area contributed by atoms with Crippen LogP contribution in [-0.4, -0.2) is 22.8 Å². The summed E-state index contributed by atoms with van der Waals surface area (Å²) in [4.78, 5) is 12.0. The lowest BCUT2D eigenvalue weighted by molar-refractivity contribution is 1.34. The van der Waals surface area contributed by atoms with Crippen molar-refractivity contribution in [3.05, 3.63) is 66.9 Å². The Hall–Kier alpha value is -3.73. The van der Waals surface area contributed by atoms with Gasteiger partial charge in [0.25, 0.3) is 0 Å². The number of benzene rings is 4. The molecule has 4 N–H and O–H groups in total. The van der Waals surface area contributed by atoms with E-state index in [0.717, 1.165) is 44.4 Å². The molecule has 0 bridgehead atoms. The number of imidazole rings is 1. The zero-order valence-electron chi connectivity index (χ0n) is 15.4. The zero-order chi connectivity index (χ0) is 18.8. The normalized spacial score (nSPS) is 11.9. The van der Waals surface area contributed by atoms with E-state index in [-0.39, 0.29) is 0 Å². The van der Waals surface area contributed by atoms with Crippen LogP contribution in [0.15, 0.2) is 66.9 Å². The highest BCUT2D eigenvalue weighted by Crippen LogP contribution is 2.37. The molecular weight excluding hydrogens is 343 g/mol. The van der Waals surface area contributed by atoms with Crippen molar-refractivity contribution in [3.63, 3.8) is 0 Å². The van der Waals surface area contributed by atoms with E-state index in [1.54, 1.807) is 0 Å². The molecule has 4 nitrogen and oxygen atoms in total. The van der Waals surface area contributed by atoms with Crippen LogP contribution in [0.2, 0.25) is 0 Å². The Morgan fingerprint density at radius 1 is 0.821 bits per heavy atom. The topological polar surface area (TPSA) is 70.5 Å². The van der Waals surface area contributed by atoms with Crippen molar-refractivity contribution >= 4 is 62.5 Å². The van der Waals surface area contributed by atoms with Crippen LogP contribution in [-0.2, 0) is 0 Å². The van der Waals surface area contributed by atoms with Gasteiger partial charge in [0.05, 0.1) is 11.0 Å². The fourth-order valence-corrected chi connectivity index (χ4v) is 4.25. The Bertz CT molecular complexity index is 1540. The van der Waals surface area contributed by atoms with Crippen molar-refractivity contribution in [2.24, 2.45) is 0 Å². The number of nitrogens with two attached hydrogens (primary N) is 1. The van der Waals surface area contributed by atoms with Crippen LogP contribution in [0.1, 0.15) is 0 Å². The van der Waals surface area contributed by atoms with E-state index in [1.165, 1.54) is 21.6 Å². The maximum absolute atomic E-state index is 6.11. The second-order valence-corrected chi connectivity index (χ2v) is 7.41. The molecule has 28 heavy (non-hydrogen) atoms. The van der Waals surface area contributed by atoms with Gasteiger partial charge < -0.3 is 15.7 Å². The molecule has 6 rings (SSSR count). The number of hydrogen-bond acceptors (Lipinski definition) is 2. The van der Waals surface area contributed by atoms with Crippen molar-refractivity contribution in [1.82, 2.24) is 15.0 Å². The van der Waals surface area contributed by atoms with Crippen LogP contribution in [0, 0.1) is 0 Å². The molecule has 6 aromatic rings. The van der Waals surface area contributed by atoms with Gasteiger partial charge in [-0.15, -0.1) is 0 Å². The van der Waals surface area contributed by atoms with Crippen LogP contribution in [0.4, 0.5) is 5.69 Å². The fourth-order valence-electron chi connectivity index (χ4n) is 4.25. The molecule has 0 aliphatic carbocycles. The molecule has 132 valence electrons. The molecule has 0 spiro atoms. The molecule has 4 aromatic carbocycles. The predicted molar refractivity (Wildman–Crippen MR) is 121 cm³/mol. The van der Waals surface area contributed by atoms with Gasteiger partial charge in [-0.25, -0.2) is 4.98 Å². The number of aromatic amines is 2. The van der Waals surface area contributed by atoms with E-state index in [9.17, 15) is 0 Å². The first kappa shape index (κ1) is 15.3. The van der Waals surface area contributed by atoms with Gasteiger partial charge in [0.1, 0.15) is 13.7 Å². The Labute approximate surface area is 161 Å². The Balaban J connectivity index is 1.77. The Kier molecular flexibility index (Phi) is 2.96. The quantitative estimate of drug-likeness (QED) is 0.237. The zero-order valence-corrected chi connectivity index (χ0v) is 15.4. The molecule has 0 atom stereocenters. The number of aromatic nitrogens is 3. The van der Waals surface area contributed by atoms with Crippen LogP contribution >= 0.6 is 0 Å². The standard InChI is InChI=1S/C23H17BN4/c24-12-5-8-20-17(9-12)19(11-26-20)23-27-21-16-4-2-1-3-14(16)15-7-6-13(25)10-18(15)22(21)28-23/h1-11,26H,24-25H2,(H,27,28). The number of nitrogens with zero attached hydrogens (tertiary/aromatic N) is 1. The molecule has 0 saturated carbocycles. The van der Waals surface area contributed by atoms with Crippen molar-refractivity contribution in [2.75, 3.05) is 5.73 Å². The monoisotopic (exact) mass is 360 g/mol. The summed E-state index contributed by atoms with van der Waals surface area (Å²) >= 11 is 0. The summed E-state index contributed by atoms with van der Waals surface area (Å²) in [6.07, 6.45) is 2.03.